The van der Waals surface area contributed by atoms with Crippen molar-refractivity contribution >= 4 is 38.5 Å². The Bertz CT molecular complexity index is 807. The molecule has 1 aromatic heterocycles. The maximum atomic E-state index is 11.2. The standard InChI is InChI=1S/C15H11BrN2O2/c16-10-4-1-8(2-5-10)9-3-6-11-12(7-9)20-14(13(11)17)15(18)19/h1-7H,17H2,(H2,18,19). The fraction of sp³-hybridized carbons (Fsp3) is 0. The van der Waals surface area contributed by atoms with Gasteiger partial charge in [-0.15, -0.1) is 0 Å². The predicted molar refractivity (Wildman–Crippen MR) is 82.3 cm³/mol. The zero-order chi connectivity index (χ0) is 14.3. The maximum absolute atomic E-state index is 11.2. The summed E-state index contributed by atoms with van der Waals surface area (Å²) < 4.78 is 6.45. The number of nitrogens with two attached hydrogens (primary N) is 2. The highest BCUT2D eigenvalue weighted by molar-refractivity contribution is 9.10. The number of carbonyl (C=O) groups excluding carboxylic acids is 1. The van der Waals surface area contributed by atoms with E-state index in [1.807, 2.05) is 42.5 Å². The van der Waals surface area contributed by atoms with Crippen LogP contribution in [0.5, 0.6) is 0 Å². The first-order chi connectivity index (χ1) is 9.56. The number of benzene rings is 2. The second kappa shape index (κ2) is 4.68. The SMILES string of the molecule is NC(=O)c1oc2cc(-c3ccc(Br)cc3)ccc2c1N. The molecule has 4 nitrogen and oxygen atoms in total. The minimum atomic E-state index is -0.663. The summed E-state index contributed by atoms with van der Waals surface area (Å²) >= 11 is 3.40. The molecule has 100 valence electrons. The van der Waals surface area contributed by atoms with Crippen LogP contribution < -0.4 is 11.5 Å². The van der Waals surface area contributed by atoms with Crippen LogP contribution in [0.3, 0.4) is 0 Å². The largest absolute Gasteiger partial charge is 0.449 e. The number of nitrogen functional groups attached to an aromatic ring is 1. The third-order valence-electron chi connectivity index (χ3n) is 3.13. The van der Waals surface area contributed by atoms with Crippen molar-refractivity contribution in [2.45, 2.75) is 0 Å². The van der Waals surface area contributed by atoms with E-state index in [0.717, 1.165) is 15.6 Å². The van der Waals surface area contributed by atoms with Crippen molar-refractivity contribution in [1.29, 1.82) is 0 Å². The number of anilines is 1. The number of furan rings is 1. The normalized spacial score (nSPS) is 10.8. The summed E-state index contributed by atoms with van der Waals surface area (Å²) in [4.78, 5) is 11.2. The van der Waals surface area contributed by atoms with Crippen molar-refractivity contribution in [3.8, 4) is 11.1 Å². The van der Waals surface area contributed by atoms with E-state index in [4.69, 9.17) is 15.9 Å². The van der Waals surface area contributed by atoms with Crippen LogP contribution in [0.4, 0.5) is 5.69 Å². The first-order valence-corrected chi connectivity index (χ1v) is 6.73. The van der Waals surface area contributed by atoms with Crippen molar-refractivity contribution in [2.75, 3.05) is 5.73 Å². The summed E-state index contributed by atoms with van der Waals surface area (Å²) in [6.45, 7) is 0. The summed E-state index contributed by atoms with van der Waals surface area (Å²) in [5, 5.41) is 0.694. The molecule has 20 heavy (non-hydrogen) atoms. The molecule has 0 radical (unpaired) electrons. The van der Waals surface area contributed by atoms with Crippen LogP contribution in [-0.2, 0) is 0 Å². The van der Waals surface area contributed by atoms with Gasteiger partial charge in [-0.25, -0.2) is 0 Å². The molecule has 0 aliphatic heterocycles. The average molecular weight is 331 g/mol. The highest BCUT2D eigenvalue weighted by Gasteiger charge is 2.16. The Balaban J connectivity index is 2.15. The number of halogens is 1. The van der Waals surface area contributed by atoms with Crippen molar-refractivity contribution in [3.63, 3.8) is 0 Å². The minimum absolute atomic E-state index is 0.00737. The second-order valence-corrected chi connectivity index (χ2v) is 5.34. The summed E-state index contributed by atoms with van der Waals surface area (Å²) in [5.41, 5.74) is 13.9. The second-order valence-electron chi connectivity index (χ2n) is 4.43. The summed E-state index contributed by atoms with van der Waals surface area (Å²) in [6.07, 6.45) is 0. The number of rotatable bonds is 2. The van der Waals surface area contributed by atoms with Gasteiger partial charge in [0.25, 0.3) is 5.91 Å². The van der Waals surface area contributed by atoms with Crippen molar-refractivity contribution in [3.05, 3.63) is 52.7 Å². The first kappa shape index (κ1) is 12.7. The fourth-order valence-electron chi connectivity index (χ4n) is 2.12. The lowest BCUT2D eigenvalue weighted by molar-refractivity contribution is 0.0977. The molecule has 0 aliphatic rings. The number of hydrogen-bond acceptors (Lipinski definition) is 3. The number of carbonyl (C=O) groups is 1. The molecule has 4 N–H and O–H groups in total. The quantitative estimate of drug-likeness (QED) is 0.753. The minimum Gasteiger partial charge on any atom is -0.449 e. The molecule has 0 spiro atoms. The summed E-state index contributed by atoms with van der Waals surface area (Å²) in [6, 6.07) is 13.5. The lowest BCUT2D eigenvalue weighted by Crippen LogP contribution is -2.11. The van der Waals surface area contributed by atoms with Gasteiger partial charge in [-0.3, -0.25) is 4.79 Å². The van der Waals surface area contributed by atoms with Crippen molar-refractivity contribution in [2.24, 2.45) is 5.73 Å². The highest BCUT2D eigenvalue weighted by Crippen LogP contribution is 2.32. The molecule has 5 heteroatoms. The molecule has 2 aromatic carbocycles. The van der Waals surface area contributed by atoms with E-state index >= 15 is 0 Å². The average Bonchev–Trinajstić information content (AvgIpc) is 2.77. The third-order valence-corrected chi connectivity index (χ3v) is 3.66. The number of hydrogen-bond donors (Lipinski definition) is 2. The van der Waals surface area contributed by atoms with E-state index in [1.165, 1.54) is 0 Å². The zero-order valence-corrected chi connectivity index (χ0v) is 12.0. The highest BCUT2D eigenvalue weighted by atomic mass is 79.9. The molecule has 3 aromatic rings. The molecule has 0 saturated carbocycles. The van der Waals surface area contributed by atoms with Gasteiger partial charge in [0.15, 0.2) is 0 Å². The van der Waals surface area contributed by atoms with Gasteiger partial charge < -0.3 is 15.9 Å². The van der Waals surface area contributed by atoms with E-state index < -0.39 is 5.91 Å². The molecule has 0 atom stereocenters. The molecular formula is C15H11BrN2O2. The molecule has 0 unspecified atom stereocenters. The molecule has 0 aliphatic carbocycles. The fourth-order valence-corrected chi connectivity index (χ4v) is 2.39. The van der Waals surface area contributed by atoms with E-state index in [0.29, 0.717) is 11.0 Å². The van der Waals surface area contributed by atoms with Gasteiger partial charge in [-0.05, 0) is 35.4 Å². The van der Waals surface area contributed by atoms with Gasteiger partial charge in [0, 0.05) is 9.86 Å². The Labute approximate surface area is 123 Å². The molecule has 0 fully saturated rings. The predicted octanol–water partition coefficient (Wildman–Crippen LogP) is 3.54. The van der Waals surface area contributed by atoms with E-state index in [9.17, 15) is 4.79 Å². The van der Waals surface area contributed by atoms with E-state index in [-0.39, 0.29) is 11.4 Å². The Morgan fingerprint density at radius 3 is 2.35 bits per heavy atom. The molecular weight excluding hydrogens is 320 g/mol. The maximum Gasteiger partial charge on any atom is 0.286 e. The Hall–Kier alpha value is -2.27. The van der Waals surface area contributed by atoms with Gasteiger partial charge in [0.2, 0.25) is 5.76 Å². The molecule has 1 amide bonds. The van der Waals surface area contributed by atoms with Crippen molar-refractivity contribution < 1.29 is 9.21 Å². The monoisotopic (exact) mass is 330 g/mol. The van der Waals surface area contributed by atoms with Gasteiger partial charge >= 0.3 is 0 Å². The van der Waals surface area contributed by atoms with Crippen LogP contribution in [0, 0.1) is 0 Å². The van der Waals surface area contributed by atoms with Crippen LogP contribution in [0.15, 0.2) is 51.4 Å². The van der Waals surface area contributed by atoms with Gasteiger partial charge in [-0.2, -0.15) is 0 Å². The van der Waals surface area contributed by atoms with Crippen LogP contribution >= 0.6 is 15.9 Å². The number of amides is 1. The Morgan fingerprint density at radius 2 is 1.70 bits per heavy atom. The molecule has 3 rings (SSSR count). The molecule has 1 heterocycles. The molecule has 0 saturated heterocycles. The van der Waals surface area contributed by atoms with Crippen molar-refractivity contribution in [1.82, 2.24) is 0 Å². The number of fused-ring (bicyclic) bond motifs is 1. The van der Waals surface area contributed by atoms with E-state index in [2.05, 4.69) is 15.9 Å². The molecule has 0 bridgehead atoms. The summed E-state index contributed by atoms with van der Waals surface area (Å²) in [5.74, 6) is -0.656. The van der Waals surface area contributed by atoms with Gasteiger partial charge in [0.1, 0.15) is 5.58 Å². The first-order valence-electron chi connectivity index (χ1n) is 5.94. The Kier molecular flexibility index (Phi) is 2.99. The van der Waals surface area contributed by atoms with Gasteiger partial charge in [0.05, 0.1) is 5.69 Å². The smallest absolute Gasteiger partial charge is 0.286 e. The van der Waals surface area contributed by atoms with Crippen LogP contribution in [0.25, 0.3) is 22.1 Å². The topological polar surface area (TPSA) is 82.2 Å². The van der Waals surface area contributed by atoms with E-state index in [1.54, 1.807) is 0 Å². The van der Waals surface area contributed by atoms with Crippen LogP contribution in [0.2, 0.25) is 0 Å². The lowest BCUT2D eigenvalue weighted by atomic mass is 10.0. The third kappa shape index (κ3) is 2.06. The zero-order valence-electron chi connectivity index (χ0n) is 10.4. The summed E-state index contributed by atoms with van der Waals surface area (Å²) in [7, 11) is 0. The van der Waals surface area contributed by atoms with Crippen LogP contribution in [0.1, 0.15) is 10.6 Å². The van der Waals surface area contributed by atoms with Crippen LogP contribution in [-0.4, -0.2) is 5.91 Å². The Morgan fingerprint density at radius 1 is 1.05 bits per heavy atom. The lowest BCUT2D eigenvalue weighted by Gasteiger charge is -2.01. The van der Waals surface area contributed by atoms with Gasteiger partial charge in [-0.1, -0.05) is 34.1 Å². The number of primary amides is 1.